The first-order valence-corrected chi connectivity index (χ1v) is 6.46. The van der Waals surface area contributed by atoms with Crippen molar-refractivity contribution in [2.24, 2.45) is 0 Å². The summed E-state index contributed by atoms with van der Waals surface area (Å²) in [6.07, 6.45) is 0.890. The van der Waals surface area contributed by atoms with Crippen LogP contribution in [0.4, 0.5) is 5.82 Å². The molecule has 1 atom stereocenters. The van der Waals surface area contributed by atoms with E-state index in [9.17, 15) is 0 Å². The Morgan fingerprint density at radius 3 is 2.69 bits per heavy atom. The number of nitrogens with zero attached hydrogens (tertiary/aromatic N) is 2. The molecule has 0 radical (unpaired) electrons. The lowest BCUT2D eigenvalue weighted by molar-refractivity contribution is 0.117. The van der Waals surface area contributed by atoms with Crippen LogP contribution in [0.25, 0.3) is 0 Å². The smallest absolute Gasteiger partial charge is 0.143 e. The van der Waals surface area contributed by atoms with Gasteiger partial charge in [0.1, 0.15) is 11.6 Å². The average Bonchev–Trinajstić information content (AvgIpc) is 2.25. The Morgan fingerprint density at radius 1 is 1.44 bits per heavy atom. The van der Waals surface area contributed by atoms with Crippen molar-refractivity contribution in [3.8, 4) is 0 Å². The van der Waals surface area contributed by atoms with E-state index in [-0.39, 0.29) is 6.10 Å². The lowest BCUT2D eigenvalue weighted by Gasteiger charge is -2.12. The first-order valence-electron chi connectivity index (χ1n) is 5.38. The number of nitrogens with one attached hydrogen (secondary N) is 1. The standard InChI is InChI=1S/C11H18IN3O/c1-5-13-11-10(12)8(3)14-9(15-11)6-7(2)16-4/h7H,5-6H2,1-4H3,(H,13,14,15). The van der Waals surface area contributed by atoms with Crippen molar-refractivity contribution in [2.75, 3.05) is 19.0 Å². The van der Waals surface area contributed by atoms with Gasteiger partial charge in [-0.2, -0.15) is 0 Å². The topological polar surface area (TPSA) is 47.0 Å². The van der Waals surface area contributed by atoms with E-state index in [4.69, 9.17) is 4.74 Å². The van der Waals surface area contributed by atoms with Crippen LogP contribution in [-0.2, 0) is 11.2 Å². The number of methoxy groups -OCH3 is 1. The van der Waals surface area contributed by atoms with E-state index in [0.29, 0.717) is 0 Å². The number of halogens is 1. The fourth-order valence-corrected chi connectivity index (χ4v) is 1.77. The average molecular weight is 335 g/mol. The summed E-state index contributed by atoms with van der Waals surface area (Å²) in [5.41, 5.74) is 1.02. The number of ether oxygens (including phenoxy) is 1. The summed E-state index contributed by atoms with van der Waals surface area (Å²) in [6.45, 7) is 6.95. The number of hydrogen-bond donors (Lipinski definition) is 1. The number of hydrogen-bond acceptors (Lipinski definition) is 4. The van der Waals surface area contributed by atoms with Crippen LogP contribution in [0.1, 0.15) is 25.4 Å². The van der Waals surface area contributed by atoms with Crippen molar-refractivity contribution < 1.29 is 4.74 Å². The van der Waals surface area contributed by atoms with Crippen LogP contribution in [0.2, 0.25) is 0 Å². The van der Waals surface area contributed by atoms with Crippen LogP contribution < -0.4 is 5.32 Å². The summed E-state index contributed by atoms with van der Waals surface area (Å²) in [7, 11) is 1.70. The van der Waals surface area contributed by atoms with E-state index in [0.717, 1.165) is 33.9 Å². The third-order valence-electron chi connectivity index (χ3n) is 2.28. The molecule has 0 fully saturated rings. The van der Waals surface area contributed by atoms with E-state index >= 15 is 0 Å². The molecule has 0 saturated carbocycles. The third kappa shape index (κ3) is 3.55. The Balaban J connectivity index is 2.94. The van der Waals surface area contributed by atoms with Gasteiger partial charge in [0.15, 0.2) is 0 Å². The van der Waals surface area contributed by atoms with Crippen LogP contribution in [0, 0.1) is 10.5 Å². The second-order valence-corrected chi connectivity index (χ2v) is 4.75. The SMILES string of the molecule is CCNc1nc(CC(C)OC)nc(C)c1I. The third-order valence-corrected chi connectivity index (χ3v) is 3.57. The van der Waals surface area contributed by atoms with Crippen molar-refractivity contribution in [1.82, 2.24) is 9.97 Å². The molecule has 0 saturated heterocycles. The Bertz CT molecular complexity index is 357. The molecule has 90 valence electrons. The van der Waals surface area contributed by atoms with Crippen molar-refractivity contribution in [1.29, 1.82) is 0 Å². The van der Waals surface area contributed by atoms with Crippen molar-refractivity contribution in [3.05, 3.63) is 15.1 Å². The summed E-state index contributed by atoms with van der Waals surface area (Å²) >= 11 is 2.27. The van der Waals surface area contributed by atoms with Crippen molar-refractivity contribution >= 4 is 28.4 Å². The lowest BCUT2D eigenvalue weighted by Crippen LogP contribution is -2.14. The van der Waals surface area contributed by atoms with Gasteiger partial charge >= 0.3 is 0 Å². The zero-order valence-corrected chi connectivity index (χ0v) is 12.3. The molecule has 0 aliphatic rings. The first kappa shape index (κ1) is 13.6. The number of aryl methyl sites for hydroxylation is 1. The fourth-order valence-electron chi connectivity index (χ4n) is 1.33. The molecular formula is C11H18IN3O. The highest BCUT2D eigenvalue weighted by atomic mass is 127. The van der Waals surface area contributed by atoms with E-state index in [1.165, 1.54) is 0 Å². The molecule has 4 nitrogen and oxygen atoms in total. The molecular weight excluding hydrogens is 317 g/mol. The number of rotatable bonds is 5. The second-order valence-electron chi connectivity index (χ2n) is 3.67. The van der Waals surface area contributed by atoms with E-state index in [1.54, 1.807) is 7.11 Å². The zero-order valence-electron chi connectivity index (χ0n) is 10.2. The minimum absolute atomic E-state index is 0.147. The van der Waals surface area contributed by atoms with Gasteiger partial charge in [-0.1, -0.05) is 0 Å². The van der Waals surface area contributed by atoms with Gasteiger partial charge in [0.25, 0.3) is 0 Å². The molecule has 1 aromatic rings. The second kappa shape index (κ2) is 6.34. The monoisotopic (exact) mass is 335 g/mol. The maximum atomic E-state index is 5.22. The molecule has 16 heavy (non-hydrogen) atoms. The summed E-state index contributed by atoms with van der Waals surface area (Å²) < 4.78 is 6.31. The van der Waals surface area contributed by atoms with Gasteiger partial charge in [-0.25, -0.2) is 9.97 Å². The summed E-state index contributed by atoms with van der Waals surface area (Å²) in [4.78, 5) is 8.97. The minimum Gasteiger partial charge on any atom is -0.381 e. The predicted molar refractivity (Wildman–Crippen MR) is 73.8 cm³/mol. The number of anilines is 1. The normalized spacial score (nSPS) is 12.6. The van der Waals surface area contributed by atoms with Gasteiger partial charge in [0, 0.05) is 20.1 Å². The van der Waals surface area contributed by atoms with E-state index in [2.05, 4.69) is 44.8 Å². The maximum Gasteiger partial charge on any atom is 0.143 e. The van der Waals surface area contributed by atoms with Gasteiger partial charge in [0.05, 0.1) is 15.4 Å². The van der Waals surface area contributed by atoms with E-state index in [1.807, 2.05) is 13.8 Å². The van der Waals surface area contributed by atoms with E-state index < -0.39 is 0 Å². The highest BCUT2D eigenvalue weighted by Gasteiger charge is 2.10. The van der Waals surface area contributed by atoms with Crippen LogP contribution >= 0.6 is 22.6 Å². The van der Waals surface area contributed by atoms with Crippen LogP contribution in [0.3, 0.4) is 0 Å². The molecule has 0 bridgehead atoms. The van der Waals surface area contributed by atoms with Gasteiger partial charge < -0.3 is 10.1 Å². The highest BCUT2D eigenvalue weighted by molar-refractivity contribution is 14.1. The summed E-state index contributed by atoms with van der Waals surface area (Å²) in [6, 6.07) is 0. The van der Waals surface area contributed by atoms with Crippen molar-refractivity contribution in [3.63, 3.8) is 0 Å². The van der Waals surface area contributed by atoms with Crippen LogP contribution in [0.15, 0.2) is 0 Å². The van der Waals surface area contributed by atoms with Gasteiger partial charge in [0.2, 0.25) is 0 Å². The van der Waals surface area contributed by atoms with Gasteiger partial charge in [-0.05, 0) is 43.4 Å². The molecule has 1 unspecified atom stereocenters. The maximum absolute atomic E-state index is 5.22. The molecule has 5 heteroatoms. The lowest BCUT2D eigenvalue weighted by atomic mass is 10.2. The Labute approximate surface area is 110 Å². The molecule has 0 aromatic carbocycles. The molecule has 0 amide bonds. The predicted octanol–water partition coefficient (Wildman–Crippen LogP) is 2.40. The first-order chi connectivity index (χ1) is 7.58. The van der Waals surface area contributed by atoms with Gasteiger partial charge in [-0.15, -0.1) is 0 Å². The summed E-state index contributed by atoms with van der Waals surface area (Å²) in [5, 5.41) is 3.25. The quantitative estimate of drug-likeness (QED) is 0.840. The molecule has 0 spiro atoms. The molecule has 0 aliphatic heterocycles. The zero-order chi connectivity index (χ0) is 12.1. The fraction of sp³-hybridized carbons (Fsp3) is 0.636. The minimum atomic E-state index is 0.147. The molecule has 1 rings (SSSR count). The number of aromatic nitrogens is 2. The Kier molecular flexibility index (Phi) is 5.40. The largest absolute Gasteiger partial charge is 0.381 e. The van der Waals surface area contributed by atoms with Crippen LogP contribution in [0.5, 0.6) is 0 Å². The summed E-state index contributed by atoms with van der Waals surface area (Å²) in [5.74, 6) is 1.76. The highest BCUT2D eigenvalue weighted by Crippen LogP contribution is 2.19. The molecule has 1 N–H and O–H groups in total. The van der Waals surface area contributed by atoms with Crippen molar-refractivity contribution in [2.45, 2.75) is 33.3 Å². The molecule has 1 heterocycles. The molecule has 1 aromatic heterocycles. The Morgan fingerprint density at radius 2 is 2.12 bits per heavy atom. The Hall–Kier alpha value is -0.430. The van der Waals surface area contributed by atoms with Crippen LogP contribution in [-0.4, -0.2) is 29.7 Å². The molecule has 0 aliphatic carbocycles. The van der Waals surface area contributed by atoms with Gasteiger partial charge in [-0.3, -0.25) is 0 Å².